The van der Waals surface area contributed by atoms with Gasteiger partial charge in [0.1, 0.15) is 0 Å². The van der Waals surface area contributed by atoms with E-state index in [0.29, 0.717) is 0 Å². The molecule has 0 unspecified atom stereocenters. The Morgan fingerprint density at radius 1 is 0.889 bits per heavy atom. The number of alkyl halides is 6. The molecule has 0 aliphatic rings. The number of aryl methyl sites for hydroxylation is 1. The first-order valence-corrected chi connectivity index (χ1v) is 6.51. The smallest absolute Gasteiger partial charge is 0.451 e. The Labute approximate surface area is 145 Å². The van der Waals surface area contributed by atoms with Crippen LogP contribution < -0.4 is 0 Å². The van der Waals surface area contributed by atoms with E-state index in [1.54, 1.807) is 0 Å². The molecule has 0 saturated heterocycles. The molecule has 2 rings (SSSR count). The van der Waals surface area contributed by atoms with E-state index < -0.39 is 47.3 Å². The molecule has 14 heteroatoms. The van der Waals surface area contributed by atoms with Crippen LogP contribution in [0.15, 0.2) is 18.5 Å². The summed E-state index contributed by atoms with van der Waals surface area (Å²) in [6.45, 7) is 1.32. The van der Waals surface area contributed by atoms with Crippen LogP contribution in [0.1, 0.15) is 38.2 Å². The zero-order chi connectivity index (χ0) is 21.0. The Morgan fingerprint density at radius 2 is 1.41 bits per heavy atom. The fourth-order valence-corrected chi connectivity index (χ4v) is 1.41. The SMILES string of the molecule is Cc1cnc(C(F)(F)F)nc1C(=O)O.O=C(O)c1ccnc(C(F)(F)F)n1. The molecule has 146 valence electrons. The maximum Gasteiger partial charge on any atom is 0.451 e. The van der Waals surface area contributed by atoms with Crippen LogP contribution in [0.5, 0.6) is 0 Å². The molecule has 27 heavy (non-hydrogen) atoms. The van der Waals surface area contributed by atoms with Gasteiger partial charge < -0.3 is 10.2 Å². The third kappa shape index (κ3) is 6.16. The third-order valence-corrected chi connectivity index (χ3v) is 2.56. The summed E-state index contributed by atoms with van der Waals surface area (Å²) >= 11 is 0. The molecule has 2 heterocycles. The van der Waals surface area contributed by atoms with Crippen molar-refractivity contribution in [2.75, 3.05) is 0 Å². The fourth-order valence-electron chi connectivity index (χ4n) is 1.41. The topological polar surface area (TPSA) is 126 Å². The molecule has 0 saturated carbocycles. The lowest BCUT2D eigenvalue weighted by molar-refractivity contribution is -0.145. The molecule has 2 aromatic rings. The minimum atomic E-state index is -4.72. The van der Waals surface area contributed by atoms with Gasteiger partial charge in [-0.25, -0.2) is 29.5 Å². The summed E-state index contributed by atoms with van der Waals surface area (Å²) in [5, 5.41) is 16.8. The average molecular weight is 398 g/mol. The van der Waals surface area contributed by atoms with Gasteiger partial charge in [0.05, 0.1) is 0 Å². The van der Waals surface area contributed by atoms with Gasteiger partial charge >= 0.3 is 24.3 Å². The molecule has 0 bridgehead atoms. The van der Waals surface area contributed by atoms with E-state index in [-0.39, 0.29) is 5.56 Å². The molecule has 0 atom stereocenters. The van der Waals surface area contributed by atoms with Crippen molar-refractivity contribution in [3.8, 4) is 0 Å². The first-order chi connectivity index (χ1) is 12.2. The van der Waals surface area contributed by atoms with Crippen LogP contribution in [0, 0.1) is 6.92 Å². The Balaban J connectivity index is 0.000000271. The lowest BCUT2D eigenvalue weighted by Gasteiger charge is -2.06. The summed E-state index contributed by atoms with van der Waals surface area (Å²) in [6.07, 6.45) is -7.86. The van der Waals surface area contributed by atoms with Crippen molar-refractivity contribution in [1.82, 2.24) is 19.9 Å². The highest BCUT2D eigenvalue weighted by molar-refractivity contribution is 5.86. The highest BCUT2D eigenvalue weighted by atomic mass is 19.4. The summed E-state index contributed by atoms with van der Waals surface area (Å²) in [5.74, 6) is -5.92. The molecular formula is C13H8F6N4O4. The molecule has 0 spiro atoms. The quantitative estimate of drug-likeness (QED) is 0.740. The summed E-state index contributed by atoms with van der Waals surface area (Å²) in [6, 6.07) is 0.886. The minimum Gasteiger partial charge on any atom is -0.477 e. The van der Waals surface area contributed by atoms with Crippen molar-refractivity contribution in [3.05, 3.63) is 47.1 Å². The number of nitrogens with zero attached hydrogens (tertiary/aromatic N) is 4. The van der Waals surface area contributed by atoms with Gasteiger partial charge in [0.25, 0.3) is 0 Å². The van der Waals surface area contributed by atoms with E-state index in [9.17, 15) is 35.9 Å². The number of hydrogen-bond acceptors (Lipinski definition) is 6. The number of carboxylic acids is 2. The number of rotatable bonds is 2. The zero-order valence-electron chi connectivity index (χ0n) is 13.0. The third-order valence-electron chi connectivity index (χ3n) is 2.56. The summed E-state index contributed by atoms with van der Waals surface area (Å²) in [4.78, 5) is 32.3. The Morgan fingerprint density at radius 3 is 1.85 bits per heavy atom. The molecule has 0 amide bonds. The number of aromatic carboxylic acids is 2. The zero-order valence-corrected chi connectivity index (χ0v) is 13.0. The van der Waals surface area contributed by atoms with Gasteiger partial charge in [-0.15, -0.1) is 0 Å². The molecule has 2 N–H and O–H groups in total. The van der Waals surface area contributed by atoms with Crippen LogP contribution in [0.25, 0.3) is 0 Å². The van der Waals surface area contributed by atoms with Crippen molar-refractivity contribution < 1.29 is 46.1 Å². The molecule has 0 aliphatic carbocycles. The number of aromatic nitrogens is 4. The second-order valence-corrected chi connectivity index (χ2v) is 4.60. The highest BCUT2D eigenvalue weighted by Gasteiger charge is 2.36. The van der Waals surface area contributed by atoms with Crippen LogP contribution >= 0.6 is 0 Å². The lowest BCUT2D eigenvalue weighted by Crippen LogP contribution is -2.15. The first-order valence-electron chi connectivity index (χ1n) is 6.51. The molecule has 0 fully saturated rings. The molecule has 2 aromatic heterocycles. The number of carbonyl (C=O) groups is 2. The van der Waals surface area contributed by atoms with Gasteiger partial charge in [0.2, 0.25) is 11.6 Å². The molecular weight excluding hydrogens is 390 g/mol. The van der Waals surface area contributed by atoms with Crippen molar-refractivity contribution in [1.29, 1.82) is 0 Å². The highest BCUT2D eigenvalue weighted by Crippen LogP contribution is 2.26. The molecule has 0 radical (unpaired) electrons. The Kier molecular flexibility index (Phi) is 6.37. The molecule has 0 aromatic carbocycles. The average Bonchev–Trinajstić information content (AvgIpc) is 2.53. The van der Waals surface area contributed by atoms with Gasteiger partial charge in [-0.1, -0.05) is 0 Å². The van der Waals surface area contributed by atoms with E-state index >= 15 is 0 Å². The Bertz CT molecular complexity index is 853. The van der Waals surface area contributed by atoms with Crippen molar-refractivity contribution in [3.63, 3.8) is 0 Å². The fraction of sp³-hybridized carbons (Fsp3) is 0.231. The maximum absolute atomic E-state index is 12.0. The van der Waals surface area contributed by atoms with E-state index in [1.807, 2.05) is 0 Å². The van der Waals surface area contributed by atoms with Gasteiger partial charge in [-0.3, -0.25) is 0 Å². The normalized spacial score (nSPS) is 11.4. The largest absolute Gasteiger partial charge is 0.477 e. The van der Waals surface area contributed by atoms with Crippen LogP contribution in [0.4, 0.5) is 26.3 Å². The van der Waals surface area contributed by atoms with E-state index in [4.69, 9.17) is 10.2 Å². The van der Waals surface area contributed by atoms with Crippen LogP contribution in [0.2, 0.25) is 0 Å². The summed E-state index contributed by atoms with van der Waals surface area (Å²) in [7, 11) is 0. The van der Waals surface area contributed by atoms with Crippen LogP contribution in [0.3, 0.4) is 0 Å². The van der Waals surface area contributed by atoms with Gasteiger partial charge in [0.15, 0.2) is 11.4 Å². The standard InChI is InChI=1S/C7H5F3N2O2.C6H3F3N2O2/c1-3-2-11-6(7(8,9)10)12-4(3)5(13)14;7-6(8,9)5-10-2-1-3(11-5)4(12)13/h2H,1H3,(H,13,14);1-2H,(H,12,13). The molecule has 8 nitrogen and oxygen atoms in total. The minimum absolute atomic E-state index is 0.0884. The van der Waals surface area contributed by atoms with Crippen molar-refractivity contribution in [2.45, 2.75) is 19.3 Å². The number of halogens is 6. The second kappa shape index (κ2) is 7.92. The second-order valence-electron chi connectivity index (χ2n) is 4.60. The lowest BCUT2D eigenvalue weighted by atomic mass is 10.2. The Hall–Kier alpha value is -3.32. The van der Waals surface area contributed by atoms with E-state index in [0.717, 1.165) is 18.5 Å². The van der Waals surface area contributed by atoms with Gasteiger partial charge in [-0.2, -0.15) is 26.3 Å². The van der Waals surface area contributed by atoms with Gasteiger partial charge in [0, 0.05) is 18.0 Å². The molecule has 0 aliphatic heterocycles. The summed E-state index contributed by atoms with van der Waals surface area (Å²) in [5.41, 5.74) is -1.22. The van der Waals surface area contributed by atoms with Crippen LogP contribution in [-0.2, 0) is 12.4 Å². The van der Waals surface area contributed by atoms with Crippen LogP contribution in [-0.4, -0.2) is 42.1 Å². The predicted octanol–water partition coefficient (Wildman–Crippen LogP) is 2.70. The van der Waals surface area contributed by atoms with E-state index in [2.05, 4.69) is 19.9 Å². The maximum atomic E-state index is 12.0. The first kappa shape index (κ1) is 21.7. The summed E-state index contributed by atoms with van der Waals surface area (Å²) < 4.78 is 71.9. The monoisotopic (exact) mass is 398 g/mol. The number of hydrogen-bond donors (Lipinski definition) is 2. The van der Waals surface area contributed by atoms with Gasteiger partial charge in [-0.05, 0) is 13.0 Å². The predicted molar refractivity (Wildman–Crippen MR) is 72.7 cm³/mol. The number of carboxylic acid groups (broad SMARTS) is 2. The van der Waals surface area contributed by atoms with Crippen molar-refractivity contribution >= 4 is 11.9 Å². The van der Waals surface area contributed by atoms with E-state index in [1.165, 1.54) is 6.92 Å². The van der Waals surface area contributed by atoms with Crippen molar-refractivity contribution in [2.24, 2.45) is 0 Å².